The zero-order valence-electron chi connectivity index (χ0n) is 8.69. The molecule has 0 aromatic rings. The minimum atomic E-state index is -0.445. The Morgan fingerprint density at radius 3 is 2.40 bits per heavy atom. The maximum absolute atomic E-state index is 11.8. The van der Waals surface area contributed by atoms with Gasteiger partial charge in [0, 0.05) is 6.54 Å². The predicted molar refractivity (Wildman–Crippen MR) is 54.6 cm³/mol. The standard InChI is InChI=1S/C10H17N3O2/c11-7(5-6-1-2-6)10(15)13-4-3-8(13)9(12)14/h6-8H,1-5,11H2,(H2,12,14)/t7-,8?/m0/s1. The van der Waals surface area contributed by atoms with Gasteiger partial charge >= 0.3 is 0 Å². The lowest BCUT2D eigenvalue weighted by molar-refractivity contribution is -0.147. The Morgan fingerprint density at radius 1 is 1.33 bits per heavy atom. The van der Waals surface area contributed by atoms with E-state index in [-0.39, 0.29) is 5.91 Å². The van der Waals surface area contributed by atoms with Crippen molar-refractivity contribution in [2.75, 3.05) is 6.54 Å². The fourth-order valence-electron chi connectivity index (χ4n) is 1.97. The first-order chi connectivity index (χ1) is 7.09. The summed E-state index contributed by atoms with van der Waals surface area (Å²) in [6.45, 7) is 0.616. The molecule has 2 fully saturated rings. The van der Waals surface area contributed by atoms with Crippen molar-refractivity contribution < 1.29 is 9.59 Å². The molecule has 1 saturated carbocycles. The highest BCUT2D eigenvalue weighted by molar-refractivity contribution is 5.90. The summed E-state index contributed by atoms with van der Waals surface area (Å²) >= 11 is 0. The number of nitrogens with zero attached hydrogens (tertiary/aromatic N) is 1. The van der Waals surface area contributed by atoms with Crippen LogP contribution in [-0.4, -0.2) is 35.3 Å². The number of rotatable bonds is 4. The first kappa shape index (κ1) is 10.4. The molecule has 0 bridgehead atoms. The van der Waals surface area contributed by atoms with Gasteiger partial charge in [-0.05, 0) is 18.8 Å². The number of hydrogen-bond donors (Lipinski definition) is 2. The molecule has 1 aliphatic heterocycles. The van der Waals surface area contributed by atoms with Gasteiger partial charge in [0.05, 0.1) is 6.04 Å². The SMILES string of the molecule is NC(=O)C1CCN1C(=O)[C@@H](N)CC1CC1. The topological polar surface area (TPSA) is 89.4 Å². The van der Waals surface area contributed by atoms with Gasteiger partial charge in [-0.15, -0.1) is 0 Å². The molecular weight excluding hydrogens is 194 g/mol. The van der Waals surface area contributed by atoms with Crippen molar-refractivity contribution in [3.05, 3.63) is 0 Å². The number of amides is 2. The van der Waals surface area contributed by atoms with Crippen molar-refractivity contribution in [2.45, 2.75) is 37.8 Å². The van der Waals surface area contributed by atoms with Crippen LogP contribution in [0.1, 0.15) is 25.7 Å². The van der Waals surface area contributed by atoms with E-state index in [2.05, 4.69) is 0 Å². The van der Waals surface area contributed by atoms with Crippen LogP contribution in [0.5, 0.6) is 0 Å². The lowest BCUT2D eigenvalue weighted by Gasteiger charge is -2.40. The van der Waals surface area contributed by atoms with E-state index in [1.54, 1.807) is 0 Å². The Morgan fingerprint density at radius 2 is 2.00 bits per heavy atom. The second kappa shape index (κ2) is 3.81. The van der Waals surface area contributed by atoms with Gasteiger partial charge in [0.2, 0.25) is 11.8 Å². The summed E-state index contributed by atoms with van der Waals surface area (Å²) in [6, 6.07) is -0.859. The van der Waals surface area contributed by atoms with E-state index in [1.165, 1.54) is 17.7 Å². The number of hydrogen-bond acceptors (Lipinski definition) is 3. The molecule has 4 N–H and O–H groups in total. The van der Waals surface area contributed by atoms with Gasteiger partial charge in [0.15, 0.2) is 0 Å². The van der Waals surface area contributed by atoms with Crippen LogP contribution in [0.4, 0.5) is 0 Å². The van der Waals surface area contributed by atoms with Gasteiger partial charge in [0.25, 0.3) is 0 Å². The normalized spacial score (nSPS) is 27.0. The molecule has 5 heteroatoms. The van der Waals surface area contributed by atoms with Crippen molar-refractivity contribution in [3.8, 4) is 0 Å². The van der Waals surface area contributed by atoms with Crippen molar-refractivity contribution >= 4 is 11.8 Å². The summed E-state index contributed by atoms with van der Waals surface area (Å²) in [4.78, 5) is 24.2. The fraction of sp³-hybridized carbons (Fsp3) is 0.800. The van der Waals surface area contributed by atoms with Crippen LogP contribution in [0.3, 0.4) is 0 Å². The second-order valence-corrected chi connectivity index (χ2v) is 4.52. The molecule has 0 spiro atoms. The lowest BCUT2D eigenvalue weighted by Crippen LogP contribution is -2.60. The summed E-state index contributed by atoms with van der Waals surface area (Å²) in [7, 11) is 0. The summed E-state index contributed by atoms with van der Waals surface area (Å²) in [5, 5.41) is 0. The highest BCUT2D eigenvalue weighted by Crippen LogP contribution is 2.33. The largest absolute Gasteiger partial charge is 0.368 e. The van der Waals surface area contributed by atoms with Crippen LogP contribution in [0, 0.1) is 5.92 Å². The molecule has 1 aliphatic carbocycles. The Balaban J connectivity index is 1.86. The van der Waals surface area contributed by atoms with Crippen molar-refractivity contribution in [2.24, 2.45) is 17.4 Å². The van der Waals surface area contributed by atoms with Gasteiger partial charge in [-0.3, -0.25) is 9.59 Å². The molecule has 1 saturated heterocycles. The second-order valence-electron chi connectivity index (χ2n) is 4.52. The Hall–Kier alpha value is -1.10. The number of nitrogens with two attached hydrogens (primary N) is 2. The van der Waals surface area contributed by atoms with Gasteiger partial charge in [0.1, 0.15) is 6.04 Å². The minimum Gasteiger partial charge on any atom is -0.368 e. The van der Waals surface area contributed by atoms with E-state index in [4.69, 9.17) is 11.5 Å². The highest BCUT2D eigenvalue weighted by Gasteiger charge is 2.39. The van der Waals surface area contributed by atoms with Crippen LogP contribution in [0.15, 0.2) is 0 Å². The van der Waals surface area contributed by atoms with Gasteiger partial charge in [-0.2, -0.15) is 0 Å². The van der Waals surface area contributed by atoms with E-state index in [0.29, 0.717) is 18.9 Å². The quantitative estimate of drug-likeness (QED) is 0.638. The fourth-order valence-corrected chi connectivity index (χ4v) is 1.97. The Labute approximate surface area is 88.8 Å². The summed E-state index contributed by atoms with van der Waals surface area (Å²) < 4.78 is 0. The summed E-state index contributed by atoms with van der Waals surface area (Å²) in [5.74, 6) is 0.0856. The molecule has 0 radical (unpaired) electrons. The molecule has 1 unspecified atom stereocenters. The number of likely N-dealkylation sites (tertiary alicyclic amines) is 1. The molecule has 1 heterocycles. The number of carbonyl (C=O) groups excluding carboxylic acids is 2. The number of primary amides is 1. The predicted octanol–water partition coefficient (Wildman–Crippen LogP) is -0.800. The Bertz CT molecular complexity index is 288. The maximum atomic E-state index is 11.8. The van der Waals surface area contributed by atoms with Crippen LogP contribution in [0.2, 0.25) is 0 Å². The Kier molecular flexibility index (Phi) is 2.65. The lowest BCUT2D eigenvalue weighted by atomic mass is 9.99. The molecule has 84 valence electrons. The molecule has 0 aromatic carbocycles. The van der Waals surface area contributed by atoms with E-state index >= 15 is 0 Å². The zero-order chi connectivity index (χ0) is 11.0. The first-order valence-corrected chi connectivity index (χ1v) is 5.45. The molecular formula is C10H17N3O2. The highest BCUT2D eigenvalue weighted by atomic mass is 16.2. The molecule has 2 aliphatic rings. The third kappa shape index (κ3) is 2.12. The molecule has 2 rings (SSSR count). The minimum absolute atomic E-state index is 0.114. The summed E-state index contributed by atoms with van der Waals surface area (Å²) in [5.41, 5.74) is 11.0. The zero-order valence-corrected chi connectivity index (χ0v) is 8.69. The molecule has 15 heavy (non-hydrogen) atoms. The van der Waals surface area contributed by atoms with Crippen molar-refractivity contribution in [1.29, 1.82) is 0 Å². The van der Waals surface area contributed by atoms with E-state index in [1.807, 2.05) is 0 Å². The van der Waals surface area contributed by atoms with E-state index < -0.39 is 18.0 Å². The van der Waals surface area contributed by atoms with Gasteiger partial charge in [-0.1, -0.05) is 12.8 Å². The van der Waals surface area contributed by atoms with Gasteiger partial charge in [-0.25, -0.2) is 0 Å². The molecule has 0 aromatic heterocycles. The third-order valence-electron chi connectivity index (χ3n) is 3.23. The number of carbonyl (C=O) groups is 2. The third-order valence-corrected chi connectivity index (χ3v) is 3.23. The van der Waals surface area contributed by atoms with Crippen LogP contribution < -0.4 is 11.5 Å². The van der Waals surface area contributed by atoms with Crippen molar-refractivity contribution in [1.82, 2.24) is 4.90 Å². The monoisotopic (exact) mass is 211 g/mol. The summed E-state index contributed by atoms with van der Waals surface area (Å²) in [6.07, 6.45) is 3.79. The molecule has 2 atom stereocenters. The average molecular weight is 211 g/mol. The van der Waals surface area contributed by atoms with Crippen molar-refractivity contribution in [3.63, 3.8) is 0 Å². The van der Waals surface area contributed by atoms with Crippen LogP contribution >= 0.6 is 0 Å². The van der Waals surface area contributed by atoms with Gasteiger partial charge < -0.3 is 16.4 Å². The van der Waals surface area contributed by atoms with Crippen LogP contribution in [0.25, 0.3) is 0 Å². The maximum Gasteiger partial charge on any atom is 0.240 e. The first-order valence-electron chi connectivity index (χ1n) is 5.45. The van der Waals surface area contributed by atoms with E-state index in [9.17, 15) is 9.59 Å². The molecule has 5 nitrogen and oxygen atoms in total. The molecule has 2 amide bonds. The van der Waals surface area contributed by atoms with E-state index in [0.717, 1.165) is 6.42 Å². The smallest absolute Gasteiger partial charge is 0.240 e. The van der Waals surface area contributed by atoms with Crippen LogP contribution in [-0.2, 0) is 9.59 Å². The average Bonchev–Trinajstić information content (AvgIpc) is 2.84.